The first-order valence-electron chi connectivity index (χ1n) is 3.61. The van der Waals surface area contributed by atoms with Gasteiger partial charge in [0.2, 0.25) is 0 Å². The number of hydrogen-bond acceptors (Lipinski definition) is 1. The summed E-state index contributed by atoms with van der Waals surface area (Å²) in [5, 5.41) is 1.12. The molecule has 0 bridgehead atoms. The standard InChI is InChI=1S/C7H13BrO/c8-5-1-3-7-4-2-6-9-7/h7H,1-6H2. The largest absolute Gasteiger partial charge is 0.378 e. The molecular formula is C7H13BrO. The normalized spacial score (nSPS) is 27.0. The molecule has 0 aromatic carbocycles. The zero-order chi connectivity index (χ0) is 6.53. The fourth-order valence-corrected chi connectivity index (χ4v) is 1.50. The van der Waals surface area contributed by atoms with Gasteiger partial charge in [0.15, 0.2) is 0 Å². The number of rotatable bonds is 3. The minimum absolute atomic E-state index is 0.586. The van der Waals surface area contributed by atoms with Crippen molar-refractivity contribution in [2.24, 2.45) is 0 Å². The van der Waals surface area contributed by atoms with Crippen LogP contribution in [0.25, 0.3) is 0 Å². The fraction of sp³-hybridized carbons (Fsp3) is 1.00. The van der Waals surface area contributed by atoms with E-state index >= 15 is 0 Å². The molecule has 54 valence electrons. The summed E-state index contributed by atoms with van der Waals surface area (Å²) in [5.74, 6) is 0. The molecule has 1 rings (SSSR count). The summed E-state index contributed by atoms with van der Waals surface area (Å²) in [6, 6.07) is 0. The Hall–Kier alpha value is 0.440. The summed E-state index contributed by atoms with van der Waals surface area (Å²) < 4.78 is 5.43. The molecule has 1 fully saturated rings. The third-order valence-electron chi connectivity index (χ3n) is 1.68. The van der Waals surface area contributed by atoms with Gasteiger partial charge in [-0.2, -0.15) is 0 Å². The Kier molecular flexibility index (Phi) is 3.59. The molecule has 1 aliphatic heterocycles. The Bertz CT molecular complexity index is 69.3. The van der Waals surface area contributed by atoms with Gasteiger partial charge in [0.1, 0.15) is 0 Å². The molecule has 1 atom stereocenters. The average molecular weight is 193 g/mol. The van der Waals surface area contributed by atoms with Crippen molar-refractivity contribution in [3.63, 3.8) is 0 Å². The van der Waals surface area contributed by atoms with Crippen LogP contribution in [0.1, 0.15) is 25.7 Å². The van der Waals surface area contributed by atoms with Crippen LogP contribution in [0.4, 0.5) is 0 Å². The van der Waals surface area contributed by atoms with E-state index in [2.05, 4.69) is 15.9 Å². The van der Waals surface area contributed by atoms with Crippen LogP contribution >= 0.6 is 15.9 Å². The molecule has 0 aromatic rings. The molecule has 0 amide bonds. The third kappa shape index (κ3) is 2.67. The summed E-state index contributed by atoms with van der Waals surface area (Å²) >= 11 is 3.40. The van der Waals surface area contributed by atoms with Crippen LogP contribution in [0.2, 0.25) is 0 Å². The zero-order valence-electron chi connectivity index (χ0n) is 5.61. The van der Waals surface area contributed by atoms with Gasteiger partial charge in [-0.05, 0) is 25.7 Å². The summed E-state index contributed by atoms with van der Waals surface area (Å²) in [7, 11) is 0. The van der Waals surface area contributed by atoms with Crippen molar-refractivity contribution in [1.82, 2.24) is 0 Å². The van der Waals surface area contributed by atoms with E-state index in [0.29, 0.717) is 6.10 Å². The number of ether oxygens (including phenoxy) is 1. The molecule has 1 nitrogen and oxygen atoms in total. The Morgan fingerprint density at radius 3 is 3.00 bits per heavy atom. The van der Waals surface area contributed by atoms with Gasteiger partial charge in [-0.25, -0.2) is 0 Å². The highest BCUT2D eigenvalue weighted by atomic mass is 79.9. The molecule has 0 radical (unpaired) electrons. The molecular weight excluding hydrogens is 180 g/mol. The van der Waals surface area contributed by atoms with Crippen LogP contribution in [-0.2, 0) is 4.74 Å². The van der Waals surface area contributed by atoms with Gasteiger partial charge in [0.25, 0.3) is 0 Å². The lowest BCUT2D eigenvalue weighted by Gasteiger charge is -2.05. The molecule has 1 aliphatic rings. The zero-order valence-corrected chi connectivity index (χ0v) is 7.19. The Morgan fingerprint density at radius 1 is 1.56 bits per heavy atom. The maximum Gasteiger partial charge on any atom is 0.0576 e. The Labute approximate surface area is 64.9 Å². The molecule has 1 heterocycles. The van der Waals surface area contributed by atoms with Crippen LogP contribution < -0.4 is 0 Å². The smallest absolute Gasteiger partial charge is 0.0576 e. The molecule has 1 saturated heterocycles. The van der Waals surface area contributed by atoms with Crippen molar-refractivity contribution in [2.45, 2.75) is 31.8 Å². The summed E-state index contributed by atoms with van der Waals surface area (Å²) in [6.45, 7) is 0.993. The van der Waals surface area contributed by atoms with E-state index < -0.39 is 0 Å². The lowest BCUT2D eigenvalue weighted by Crippen LogP contribution is -2.03. The van der Waals surface area contributed by atoms with Gasteiger partial charge < -0.3 is 4.74 Å². The molecule has 0 aliphatic carbocycles. The fourth-order valence-electron chi connectivity index (χ4n) is 1.18. The van der Waals surface area contributed by atoms with Gasteiger partial charge in [0.05, 0.1) is 6.10 Å². The van der Waals surface area contributed by atoms with Crippen molar-refractivity contribution >= 4 is 15.9 Å². The van der Waals surface area contributed by atoms with Crippen molar-refractivity contribution in [3.8, 4) is 0 Å². The highest BCUT2D eigenvalue weighted by molar-refractivity contribution is 9.09. The maximum absolute atomic E-state index is 5.43. The van der Waals surface area contributed by atoms with Gasteiger partial charge in [-0.3, -0.25) is 0 Å². The van der Waals surface area contributed by atoms with Gasteiger partial charge in [-0.1, -0.05) is 15.9 Å². The lowest BCUT2D eigenvalue weighted by atomic mass is 10.1. The van der Waals surface area contributed by atoms with E-state index in [1.54, 1.807) is 0 Å². The monoisotopic (exact) mass is 192 g/mol. The first-order chi connectivity index (χ1) is 4.43. The molecule has 0 N–H and O–H groups in total. The van der Waals surface area contributed by atoms with Crippen LogP contribution in [0.15, 0.2) is 0 Å². The van der Waals surface area contributed by atoms with E-state index in [-0.39, 0.29) is 0 Å². The highest BCUT2D eigenvalue weighted by Crippen LogP contribution is 2.16. The Morgan fingerprint density at radius 2 is 2.44 bits per heavy atom. The van der Waals surface area contributed by atoms with E-state index in [9.17, 15) is 0 Å². The van der Waals surface area contributed by atoms with Crippen molar-refractivity contribution in [3.05, 3.63) is 0 Å². The SMILES string of the molecule is BrCCCC1CCCO1. The lowest BCUT2D eigenvalue weighted by molar-refractivity contribution is 0.104. The van der Waals surface area contributed by atoms with Gasteiger partial charge in [0, 0.05) is 11.9 Å². The quantitative estimate of drug-likeness (QED) is 0.625. The van der Waals surface area contributed by atoms with E-state index in [1.165, 1.54) is 25.7 Å². The van der Waals surface area contributed by atoms with E-state index in [4.69, 9.17) is 4.74 Å². The molecule has 2 heteroatoms. The maximum atomic E-state index is 5.43. The van der Waals surface area contributed by atoms with E-state index in [0.717, 1.165) is 11.9 Å². The predicted molar refractivity (Wildman–Crippen MR) is 42.0 cm³/mol. The summed E-state index contributed by atoms with van der Waals surface area (Å²) in [6.07, 6.45) is 5.64. The topological polar surface area (TPSA) is 9.23 Å². The van der Waals surface area contributed by atoms with Crippen LogP contribution in [-0.4, -0.2) is 18.0 Å². The van der Waals surface area contributed by atoms with Crippen molar-refractivity contribution in [1.29, 1.82) is 0 Å². The number of halogens is 1. The third-order valence-corrected chi connectivity index (χ3v) is 2.24. The number of hydrogen-bond donors (Lipinski definition) is 0. The first kappa shape index (κ1) is 7.55. The first-order valence-corrected chi connectivity index (χ1v) is 4.73. The predicted octanol–water partition coefficient (Wildman–Crippen LogP) is 2.34. The minimum atomic E-state index is 0.586. The molecule has 0 saturated carbocycles. The second-order valence-corrected chi connectivity index (χ2v) is 3.26. The summed E-state index contributed by atoms with van der Waals surface area (Å²) in [4.78, 5) is 0. The second kappa shape index (κ2) is 4.29. The molecule has 0 aromatic heterocycles. The second-order valence-electron chi connectivity index (χ2n) is 2.47. The van der Waals surface area contributed by atoms with Gasteiger partial charge >= 0.3 is 0 Å². The number of alkyl halides is 1. The van der Waals surface area contributed by atoms with Crippen molar-refractivity contribution < 1.29 is 4.74 Å². The van der Waals surface area contributed by atoms with E-state index in [1.807, 2.05) is 0 Å². The molecule has 9 heavy (non-hydrogen) atoms. The Balaban J connectivity index is 1.98. The highest BCUT2D eigenvalue weighted by Gasteiger charge is 2.13. The molecule has 0 spiro atoms. The molecule has 1 unspecified atom stereocenters. The van der Waals surface area contributed by atoms with Crippen LogP contribution in [0.5, 0.6) is 0 Å². The van der Waals surface area contributed by atoms with Gasteiger partial charge in [-0.15, -0.1) is 0 Å². The van der Waals surface area contributed by atoms with Crippen LogP contribution in [0.3, 0.4) is 0 Å². The summed E-state index contributed by atoms with van der Waals surface area (Å²) in [5.41, 5.74) is 0. The van der Waals surface area contributed by atoms with Crippen molar-refractivity contribution in [2.75, 3.05) is 11.9 Å². The average Bonchev–Trinajstić information content (AvgIpc) is 2.34. The minimum Gasteiger partial charge on any atom is -0.378 e. The van der Waals surface area contributed by atoms with Crippen LogP contribution in [0, 0.1) is 0 Å².